The molecule has 1 N–H and O–H groups in total. The maximum absolute atomic E-state index is 5.61. The molecule has 1 aliphatic rings. The normalized spacial score (nSPS) is 13.1. The predicted octanol–water partition coefficient (Wildman–Crippen LogP) is 2.66. The highest BCUT2D eigenvalue weighted by molar-refractivity contribution is 5.66. The lowest BCUT2D eigenvalue weighted by molar-refractivity contribution is 0.171. The summed E-state index contributed by atoms with van der Waals surface area (Å²) in [6.07, 6.45) is 0. The van der Waals surface area contributed by atoms with Gasteiger partial charge in [-0.3, -0.25) is 0 Å². The van der Waals surface area contributed by atoms with E-state index < -0.39 is 0 Å². The largest absolute Gasteiger partial charge is 0.486 e. The zero-order valence-electron chi connectivity index (χ0n) is 11.6. The van der Waals surface area contributed by atoms with Crippen molar-refractivity contribution in [3.63, 3.8) is 0 Å². The van der Waals surface area contributed by atoms with Gasteiger partial charge in [0.15, 0.2) is 11.5 Å². The highest BCUT2D eigenvalue weighted by Gasteiger charge is 2.13. The van der Waals surface area contributed by atoms with E-state index in [0.29, 0.717) is 13.2 Å². The minimum atomic E-state index is 0.585. The van der Waals surface area contributed by atoms with E-state index in [-0.39, 0.29) is 0 Å². The predicted molar refractivity (Wildman–Crippen MR) is 77.4 cm³/mol. The van der Waals surface area contributed by atoms with Crippen LogP contribution in [0.15, 0.2) is 24.3 Å². The molecule has 0 radical (unpaired) electrons. The van der Waals surface area contributed by atoms with Gasteiger partial charge < -0.3 is 14.8 Å². The summed E-state index contributed by atoms with van der Waals surface area (Å²) in [6, 6.07) is 7.83. The summed E-state index contributed by atoms with van der Waals surface area (Å²) >= 11 is 0. The molecule has 1 aromatic heterocycles. The number of fused-ring (bicyclic) bond motifs is 1. The first-order valence-electron chi connectivity index (χ1n) is 6.76. The molecular weight excluding hydrogens is 254 g/mol. The van der Waals surface area contributed by atoms with E-state index in [0.717, 1.165) is 40.9 Å². The Bertz CT molecular complexity index is 629. The van der Waals surface area contributed by atoms with Crippen molar-refractivity contribution in [2.75, 3.05) is 25.1 Å². The molecule has 0 aliphatic carbocycles. The second-order valence-electron chi connectivity index (χ2n) is 4.57. The third-order valence-electron chi connectivity index (χ3n) is 3.03. The SMILES string of the molecule is CCNc1cc(-c2ccc3c(c2)OCCO3)nc(C)n1. The van der Waals surface area contributed by atoms with Gasteiger partial charge in [-0.1, -0.05) is 0 Å². The summed E-state index contributed by atoms with van der Waals surface area (Å²) in [5.74, 6) is 3.14. The summed E-state index contributed by atoms with van der Waals surface area (Å²) in [5.41, 5.74) is 1.88. The number of nitrogens with one attached hydrogen (secondary N) is 1. The molecule has 0 amide bonds. The highest BCUT2D eigenvalue weighted by Crippen LogP contribution is 2.34. The van der Waals surface area contributed by atoms with Crippen LogP contribution in [-0.2, 0) is 0 Å². The van der Waals surface area contributed by atoms with E-state index in [1.165, 1.54) is 0 Å². The Morgan fingerprint density at radius 3 is 2.70 bits per heavy atom. The van der Waals surface area contributed by atoms with Crippen molar-refractivity contribution in [2.24, 2.45) is 0 Å². The number of ether oxygens (including phenoxy) is 2. The van der Waals surface area contributed by atoms with E-state index in [1.807, 2.05) is 38.1 Å². The van der Waals surface area contributed by atoms with Gasteiger partial charge in [0.25, 0.3) is 0 Å². The molecule has 0 fully saturated rings. The molecule has 1 aliphatic heterocycles. The third-order valence-corrected chi connectivity index (χ3v) is 3.03. The standard InChI is InChI=1S/C15H17N3O2/c1-3-16-15-9-12(17-10(2)18-15)11-4-5-13-14(8-11)20-7-6-19-13/h4-5,8-9H,3,6-7H2,1-2H3,(H,16,17,18). The Morgan fingerprint density at radius 2 is 1.90 bits per heavy atom. The Balaban J connectivity index is 1.99. The molecule has 5 nitrogen and oxygen atoms in total. The van der Waals surface area contributed by atoms with Crippen molar-refractivity contribution in [3.8, 4) is 22.8 Å². The molecule has 2 heterocycles. The van der Waals surface area contributed by atoms with E-state index in [2.05, 4.69) is 15.3 Å². The van der Waals surface area contributed by atoms with Gasteiger partial charge in [-0.2, -0.15) is 0 Å². The zero-order chi connectivity index (χ0) is 13.9. The number of aromatic nitrogens is 2. The van der Waals surface area contributed by atoms with Crippen molar-refractivity contribution in [2.45, 2.75) is 13.8 Å². The van der Waals surface area contributed by atoms with Gasteiger partial charge in [0.2, 0.25) is 0 Å². The topological polar surface area (TPSA) is 56.3 Å². The average molecular weight is 271 g/mol. The molecular formula is C15H17N3O2. The molecule has 0 saturated carbocycles. The number of aryl methyl sites for hydroxylation is 1. The molecule has 104 valence electrons. The first-order valence-corrected chi connectivity index (χ1v) is 6.76. The first kappa shape index (κ1) is 12.7. The van der Waals surface area contributed by atoms with E-state index in [1.54, 1.807) is 0 Å². The summed E-state index contributed by atoms with van der Waals surface area (Å²) in [6.45, 7) is 5.95. The van der Waals surface area contributed by atoms with Crippen LogP contribution < -0.4 is 14.8 Å². The molecule has 1 aromatic carbocycles. The fraction of sp³-hybridized carbons (Fsp3) is 0.333. The smallest absolute Gasteiger partial charge is 0.162 e. The molecule has 0 atom stereocenters. The quantitative estimate of drug-likeness (QED) is 0.930. The fourth-order valence-corrected chi connectivity index (χ4v) is 2.19. The number of benzene rings is 1. The van der Waals surface area contributed by atoms with Crippen molar-refractivity contribution in [1.29, 1.82) is 0 Å². The number of nitrogens with zero attached hydrogens (tertiary/aromatic N) is 2. The van der Waals surface area contributed by atoms with Crippen molar-refractivity contribution < 1.29 is 9.47 Å². The van der Waals surface area contributed by atoms with E-state index in [9.17, 15) is 0 Å². The summed E-state index contributed by atoms with van der Waals surface area (Å²) in [4.78, 5) is 8.85. The van der Waals surface area contributed by atoms with Gasteiger partial charge in [-0.15, -0.1) is 0 Å². The second kappa shape index (κ2) is 5.36. The summed E-state index contributed by atoms with van der Waals surface area (Å²) in [5, 5.41) is 3.21. The van der Waals surface area contributed by atoms with Gasteiger partial charge >= 0.3 is 0 Å². The molecule has 5 heteroatoms. The molecule has 0 bridgehead atoms. The van der Waals surface area contributed by atoms with Crippen LogP contribution in [0.3, 0.4) is 0 Å². The van der Waals surface area contributed by atoms with E-state index >= 15 is 0 Å². The lowest BCUT2D eigenvalue weighted by Crippen LogP contribution is -2.15. The first-order chi connectivity index (χ1) is 9.76. The number of anilines is 1. The Labute approximate surface area is 118 Å². The van der Waals surface area contributed by atoms with Crippen LogP contribution in [0.2, 0.25) is 0 Å². The minimum absolute atomic E-state index is 0.585. The minimum Gasteiger partial charge on any atom is -0.486 e. The molecule has 0 unspecified atom stereocenters. The van der Waals surface area contributed by atoms with Crippen molar-refractivity contribution in [1.82, 2.24) is 9.97 Å². The van der Waals surface area contributed by atoms with Crippen LogP contribution in [0.1, 0.15) is 12.7 Å². The molecule has 20 heavy (non-hydrogen) atoms. The Kier molecular flexibility index (Phi) is 3.41. The average Bonchev–Trinajstić information content (AvgIpc) is 2.46. The van der Waals surface area contributed by atoms with Gasteiger partial charge in [0, 0.05) is 18.2 Å². The fourth-order valence-electron chi connectivity index (χ4n) is 2.19. The number of hydrogen-bond acceptors (Lipinski definition) is 5. The van der Waals surface area contributed by atoms with Gasteiger partial charge in [-0.25, -0.2) is 9.97 Å². The van der Waals surface area contributed by atoms with Crippen LogP contribution in [-0.4, -0.2) is 29.7 Å². The van der Waals surface area contributed by atoms with Gasteiger partial charge in [0.1, 0.15) is 24.9 Å². The molecule has 0 saturated heterocycles. The number of rotatable bonds is 3. The lowest BCUT2D eigenvalue weighted by Gasteiger charge is -2.18. The highest BCUT2D eigenvalue weighted by atomic mass is 16.6. The lowest BCUT2D eigenvalue weighted by atomic mass is 10.1. The third kappa shape index (κ3) is 2.52. The summed E-state index contributed by atoms with van der Waals surface area (Å²) in [7, 11) is 0. The molecule has 2 aromatic rings. The maximum atomic E-state index is 5.61. The maximum Gasteiger partial charge on any atom is 0.162 e. The molecule has 0 spiro atoms. The monoisotopic (exact) mass is 271 g/mol. The van der Waals surface area contributed by atoms with Crippen LogP contribution in [0.5, 0.6) is 11.5 Å². The van der Waals surface area contributed by atoms with Crippen LogP contribution in [0, 0.1) is 6.92 Å². The zero-order valence-corrected chi connectivity index (χ0v) is 11.6. The van der Waals surface area contributed by atoms with Crippen LogP contribution in [0.4, 0.5) is 5.82 Å². The van der Waals surface area contributed by atoms with E-state index in [4.69, 9.17) is 9.47 Å². The number of hydrogen-bond donors (Lipinski definition) is 1. The van der Waals surface area contributed by atoms with Crippen molar-refractivity contribution in [3.05, 3.63) is 30.1 Å². The Morgan fingerprint density at radius 1 is 1.10 bits per heavy atom. The van der Waals surface area contributed by atoms with Gasteiger partial charge in [-0.05, 0) is 32.0 Å². The van der Waals surface area contributed by atoms with Crippen LogP contribution >= 0.6 is 0 Å². The molecule has 3 rings (SSSR count). The van der Waals surface area contributed by atoms with Crippen LogP contribution in [0.25, 0.3) is 11.3 Å². The van der Waals surface area contributed by atoms with Crippen molar-refractivity contribution >= 4 is 5.82 Å². The summed E-state index contributed by atoms with van der Waals surface area (Å²) < 4.78 is 11.1. The Hall–Kier alpha value is -2.30. The second-order valence-corrected chi connectivity index (χ2v) is 4.57. The van der Waals surface area contributed by atoms with Gasteiger partial charge in [0.05, 0.1) is 5.69 Å².